The van der Waals surface area contributed by atoms with Crippen LogP contribution >= 0.6 is 0 Å². The quantitative estimate of drug-likeness (QED) is 0.692. The van der Waals surface area contributed by atoms with E-state index in [0.29, 0.717) is 0 Å². The predicted octanol–water partition coefficient (Wildman–Crippen LogP) is 3.27. The van der Waals surface area contributed by atoms with E-state index in [-0.39, 0.29) is 11.0 Å². The van der Waals surface area contributed by atoms with Gasteiger partial charge in [-0.15, -0.1) is 0 Å². The molecule has 0 aliphatic carbocycles. The molecule has 1 aliphatic rings. The monoisotopic (exact) mass is 319 g/mol. The van der Waals surface area contributed by atoms with Crippen molar-refractivity contribution in [2.24, 2.45) is 12.0 Å². The maximum Gasteiger partial charge on any atom is 0.116 e. The van der Waals surface area contributed by atoms with Crippen molar-refractivity contribution in [3.8, 4) is 0 Å². The normalized spacial score (nSPS) is 18.3. The number of aromatic nitrogens is 4. The number of nitrogens with zero attached hydrogens (tertiary/aromatic N) is 5. The second-order valence-electron chi connectivity index (χ2n) is 7.45. The van der Waals surface area contributed by atoms with Gasteiger partial charge in [-0.1, -0.05) is 26.0 Å². The number of hydrogen-bond donors (Lipinski definition) is 0. The van der Waals surface area contributed by atoms with Crippen LogP contribution in [0.5, 0.6) is 0 Å². The van der Waals surface area contributed by atoms with E-state index >= 15 is 0 Å². The van der Waals surface area contributed by atoms with Crippen LogP contribution in [0.3, 0.4) is 0 Å². The number of para-hydroxylation sites is 2. The van der Waals surface area contributed by atoms with Crippen molar-refractivity contribution in [3.63, 3.8) is 0 Å². The van der Waals surface area contributed by atoms with Crippen LogP contribution in [0.2, 0.25) is 0 Å². The van der Waals surface area contributed by atoms with Crippen LogP contribution in [-0.2, 0) is 12.5 Å². The lowest BCUT2D eigenvalue weighted by atomic mass is 9.67. The third kappa shape index (κ3) is 2.00. The molecule has 3 aromatic rings. The Labute approximate surface area is 141 Å². The summed E-state index contributed by atoms with van der Waals surface area (Å²) in [6.45, 7) is 8.77. The van der Waals surface area contributed by atoms with Crippen LogP contribution in [-0.4, -0.2) is 31.0 Å². The second kappa shape index (κ2) is 4.72. The average Bonchev–Trinajstić information content (AvgIpc) is 2.94. The fourth-order valence-corrected chi connectivity index (χ4v) is 3.17. The molecule has 0 atom stereocenters. The minimum atomic E-state index is -0.258. The van der Waals surface area contributed by atoms with Crippen LogP contribution in [0.25, 0.3) is 11.0 Å². The summed E-state index contributed by atoms with van der Waals surface area (Å²) < 4.78 is 1.86. The molecule has 0 radical (unpaired) electrons. The van der Waals surface area contributed by atoms with Gasteiger partial charge in [0.2, 0.25) is 0 Å². The van der Waals surface area contributed by atoms with Gasteiger partial charge in [0.25, 0.3) is 0 Å². The zero-order valence-electron chi connectivity index (χ0n) is 14.7. The molecule has 0 fully saturated rings. The first-order valence-electron chi connectivity index (χ1n) is 8.16. The molecule has 0 unspecified atom stereocenters. The maximum absolute atomic E-state index is 5.04. The number of rotatable bonds is 1. The van der Waals surface area contributed by atoms with E-state index < -0.39 is 0 Å². The van der Waals surface area contributed by atoms with Crippen molar-refractivity contribution >= 4 is 16.7 Å². The number of aryl methyl sites for hydroxylation is 1. The maximum atomic E-state index is 5.04. The van der Waals surface area contributed by atoms with Gasteiger partial charge in [-0.2, -0.15) is 5.10 Å². The molecule has 24 heavy (non-hydrogen) atoms. The molecule has 122 valence electrons. The van der Waals surface area contributed by atoms with Crippen LogP contribution in [0, 0.1) is 0 Å². The van der Waals surface area contributed by atoms with Crippen molar-refractivity contribution in [3.05, 3.63) is 53.6 Å². The fourth-order valence-electron chi connectivity index (χ4n) is 3.17. The first-order chi connectivity index (χ1) is 11.3. The molecule has 5 nitrogen and oxygen atoms in total. The SMILES string of the molecule is Cn1cc2c(n1)C(c1cnc3ccccc3n1)=NC(C)(C)C2(C)C. The van der Waals surface area contributed by atoms with Gasteiger partial charge in [-0.05, 0) is 26.0 Å². The van der Waals surface area contributed by atoms with Gasteiger partial charge < -0.3 is 0 Å². The molecular weight excluding hydrogens is 298 g/mol. The van der Waals surface area contributed by atoms with E-state index in [0.717, 1.165) is 28.1 Å². The molecule has 2 aromatic heterocycles. The highest BCUT2D eigenvalue weighted by atomic mass is 15.3. The van der Waals surface area contributed by atoms with E-state index in [1.807, 2.05) is 36.0 Å². The summed E-state index contributed by atoms with van der Waals surface area (Å²) in [6, 6.07) is 7.89. The zero-order chi connectivity index (χ0) is 17.1. The van der Waals surface area contributed by atoms with Crippen molar-refractivity contribution in [2.75, 3.05) is 0 Å². The molecule has 5 heteroatoms. The first-order valence-corrected chi connectivity index (χ1v) is 8.16. The summed E-state index contributed by atoms with van der Waals surface area (Å²) in [5, 5.41) is 4.67. The summed E-state index contributed by atoms with van der Waals surface area (Å²) in [4.78, 5) is 14.4. The summed E-state index contributed by atoms with van der Waals surface area (Å²) in [6.07, 6.45) is 3.90. The van der Waals surface area contributed by atoms with Crippen molar-refractivity contribution < 1.29 is 0 Å². The first kappa shape index (κ1) is 15.0. The topological polar surface area (TPSA) is 56.0 Å². The van der Waals surface area contributed by atoms with E-state index in [2.05, 4.69) is 44.0 Å². The highest BCUT2D eigenvalue weighted by Gasteiger charge is 2.45. The molecule has 1 aliphatic heterocycles. The Hall–Kier alpha value is -2.56. The largest absolute Gasteiger partial charge is 0.275 e. The minimum Gasteiger partial charge on any atom is -0.275 e. The van der Waals surface area contributed by atoms with Crippen LogP contribution in [0.1, 0.15) is 44.6 Å². The van der Waals surface area contributed by atoms with Crippen LogP contribution in [0.4, 0.5) is 0 Å². The lowest BCUT2D eigenvalue weighted by Gasteiger charge is -2.42. The van der Waals surface area contributed by atoms with Gasteiger partial charge in [0.15, 0.2) is 0 Å². The van der Waals surface area contributed by atoms with Crippen molar-refractivity contribution in [2.45, 2.75) is 38.6 Å². The molecule has 4 rings (SSSR count). The van der Waals surface area contributed by atoms with Gasteiger partial charge >= 0.3 is 0 Å². The number of hydrogen-bond acceptors (Lipinski definition) is 4. The van der Waals surface area contributed by atoms with E-state index in [1.165, 1.54) is 5.56 Å². The third-order valence-electron chi connectivity index (χ3n) is 5.34. The highest BCUT2D eigenvalue weighted by molar-refractivity contribution is 6.13. The van der Waals surface area contributed by atoms with E-state index in [1.54, 1.807) is 6.20 Å². The molecule has 0 N–H and O–H groups in total. The summed E-state index contributed by atoms with van der Waals surface area (Å²) in [5.41, 5.74) is 5.11. The fraction of sp³-hybridized carbons (Fsp3) is 0.368. The predicted molar refractivity (Wildman–Crippen MR) is 95.5 cm³/mol. The third-order valence-corrected chi connectivity index (χ3v) is 5.34. The standard InChI is InChI=1S/C19H21N5/c1-18(2)12-11-24(5)23-16(12)17(22-19(18,3)4)15-10-20-13-8-6-7-9-14(13)21-15/h6-11H,1-5H3. The molecule has 0 saturated carbocycles. The molecule has 0 bridgehead atoms. The zero-order valence-corrected chi connectivity index (χ0v) is 14.7. The Morgan fingerprint density at radius 1 is 1.00 bits per heavy atom. The van der Waals surface area contributed by atoms with Crippen LogP contribution in [0.15, 0.2) is 41.7 Å². The van der Waals surface area contributed by atoms with Gasteiger partial charge in [-0.3, -0.25) is 14.7 Å². The molecule has 3 heterocycles. The average molecular weight is 319 g/mol. The second-order valence-corrected chi connectivity index (χ2v) is 7.45. The van der Waals surface area contributed by atoms with Gasteiger partial charge in [0, 0.05) is 24.2 Å². The summed E-state index contributed by atoms with van der Waals surface area (Å²) >= 11 is 0. The Balaban J connectivity index is 1.97. The molecular formula is C19H21N5. The van der Waals surface area contributed by atoms with Crippen LogP contribution < -0.4 is 0 Å². The minimum absolute atomic E-state index is 0.107. The number of fused-ring (bicyclic) bond motifs is 2. The Bertz CT molecular complexity index is 978. The lowest BCUT2D eigenvalue weighted by Crippen LogP contribution is -2.45. The number of aliphatic imine (C=N–C) groups is 1. The van der Waals surface area contributed by atoms with E-state index in [9.17, 15) is 0 Å². The van der Waals surface area contributed by atoms with Crippen molar-refractivity contribution in [1.29, 1.82) is 0 Å². The molecule has 0 spiro atoms. The molecule has 1 aromatic carbocycles. The molecule has 0 amide bonds. The molecule has 0 saturated heterocycles. The van der Waals surface area contributed by atoms with E-state index in [4.69, 9.17) is 9.98 Å². The Kier molecular flexibility index (Phi) is 2.95. The van der Waals surface area contributed by atoms with Crippen molar-refractivity contribution in [1.82, 2.24) is 19.7 Å². The smallest absolute Gasteiger partial charge is 0.116 e. The van der Waals surface area contributed by atoms with Gasteiger partial charge in [-0.25, -0.2) is 4.98 Å². The Morgan fingerprint density at radius 3 is 2.46 bits per heavy atom. The lowest BCUT2D eigenvalue weighted by molar-refractivity contribution is 0.303. The Morgan fingerprint density at radius 2 is 1.71 bits per heavy atom. The van der Waals surface area contributed by atoms with Gasteiger partial charge in [0.05, 0.1) is 22.8 Å². The van der Waals surface area contributed by atoms with Gasteiger partial charge in [0.1, 0.15) is 17.1 Å². The summed E-state index contributed by atoms with van der Waals surface area (Å²) in [5.74, 6) is 0. The summed E-state index contributed by atoms with van der Waals surface area (Å²) in [7, 11) is 1.95. The number of benzene rings is 1. The highest BCUT2D eigenvalue weighted by Crippen LogP contribution is 2.43.